The van der Waals surface area contributed by atoms with E-state index in [-0.39, 0.29) is 24.9 Å². The van der Waals surface area contributed by atoms with Gasteiger partial charge in [-0.05, 0) is 74.3 Å². The fourth-order valence-electron chi connectivity index (χ4n) is 5.28. The maximum Gasteiger partial charge on any atom is 0.0847 e. The molecule has 1 aromatic rings. The van der Waals surface area contributed by atoms with Gasteiger partial charge in [-0.2, -0.15) is 0 Å². The van der Waals surface area contributed by atoms with Crippen LogP contribution in [0.5, 0.6) is 0 Å². The Hall–Kier alpha value is -0.980. The van der Waals surface area contributed by atoms with Gasteiger partial charge in [-0.1, -0.05) is 6.07 Å². The van der Waals surface area contributed by atoms with Crippen LogP contribution in [0, 0.1) is 20.8 Å². The van der Waals surface area contributed by atoms with Crippen LogP contribution in [0.3, 0.4) is 0 Å². The van der Waals surface area contributed by atoms with Crippen LogP contribution in [-0.2, 0) is 22.6 Å². The predicted molar refractivity (Wildman–Crippen MR) is 106 cm³/mol. The number of aliphatic hydroxyl groups is 2. The van der Waals surface area contributed by atoms with Crippen LogP contribution < -0.4 is 0 Å². The van der Waals surface area contributed by atoms with Gasteiger partial charge in [-0.25, -0.2) is 0 Å². The lowest BCUT2D eigenvalue weighted by atomic mass is 9.79. The molecular formula is C22H35NO4. The number of aryl methyl sites for hydroxylation is 2. The Morgan fingerprint density at radius 2 is 1.89 bits per heavy atom. The third-order valence-electron chi connectivity index (χ3n) is 6.91. The van der Waals surface area contributed by atoms with E-state index in [0.29, 0.717) is 12.6 Å². The van der Waals surface area contributed by atoms with E-state index in [9.17, 15) is 5.11 Å². The van der Waals surface area contributed by atoms with Crippen LogP contribution in [-0.4, -0.2) is 59.7 Å². The molecule has 152 valence electrons. The first-order valence-corrected chi connectivity index (χ1v) is 10.2. The summed E-state index contributed by atoms with van der Waals surface area (Å²) in [5.41, 5.74) is 5.98. The highest BCUT2D eigenvalue weighted by molar-refractivity contribution is 5.44. The second-order valence-electron chi connectivity index (χ2n) is 8.25. The van der Waals surface area contributed by atoms with Crippen molar-refractivity contribution in [2.24, 2.45) is 0 Å². The van der Waals surface area contributed by atoms with Gasteiger partial charge < -0.3 is 19.7 Å². The standard InChI is InChI=1S/C22H35NO4/c1-15-11-16(2)20(14-25)17(3)19(15)13-23-8-7-22(26-4)6-5-18(12-21(22)23)27-10-9-24/h11,18,21,24-25H,5-10,12-14H2,1-4H3/t18-,21-,22+/m0/s1. The summed E-state index contributed by atoms with van der Waals surface area (Å²) in [6.45, 7) is 8.86. The molecule has 1 aliphatic heterocycles. The van der Waals surface area contributed by atoms with Gasteiger partial charge in [0.05, 0.1) is 31.5 Å². The molecule has 1 heterocycles. The minimum absolute atomic E-state index is 0.0754. The molecule has 3 atom stereocenters. The van der Waals surface area contributed by atoms with Crippen molar-refractivity contribution in [3.05, 3.63) is 33.9 Å². The van der Waals surface area contributed by atoms with Crippen LogP contribution >= 0.6 is 0 Å². The third-order valence-corrected chi connectivity index (χ3v) is 6.91. The number of rotatable bonds is 7. The van der Waals surface area contributed by atoms with Crippen LogP contribution in [0.2, 0.25) is 0 Å². The Morgan fingerprint density at radius 3 is 2.56 bits per heavy atom. The largest absolute Gasteiger partial charge is 0.394 e. The zero-order chi connectivity index (χ0) is 19.6. The molecule has 0 aromatic heterocycles. The molecule has 0 bridgehead atoms. The fourth-order valence-corrected chi connectivity index (χ4v) is 5.28. The first kappa shape index (κ1) is 20.7. The Kier molecular flexibility index (Phi) is 6.59. The van der Waals surface area contributed by atoms with Gasteiger partial charge in [0.2, 0.25) is 0 Å². The molecule has 5 nitrogen and oxygen atoms in total. The maximum absolute atomic E-state index is 9.79. The number of hydrogen-bond acceptors (Lipinski definition) is 5. The second kappa shape index (κ2) is 8.58. The topological polar surface area (TPSA) is 62.2 Å². The summed E-state index contributed by atoms with van der Waals surface area (Å²) < 4.78 is 11.9. The van der Waals surface area contributed by atoms with Crippen molar-refractivity contribution >= 4 is 0 Å². The molecule has 0 radical (unpaired) electrons. The quantitative estimate of drug-likeness (QED) is 0.765. The predicted octanol–water partition coefficient (Wildman–Crippen LogP) is 2.63. The van der Waals surface area contributed by atoms with E-state index >= 15 is 0 Å². The monoisotopic (exact) mass is 377 g/mol. The number of aliphatic hydroxyl groups excluding tert-OH is 2. The van der Waals surface area contributed by atoms with Crippen LogP contribution in [0.25, 0.3) is 0 Å². The molecule has 2 aliphatic rings. The minimum Gasteiger partial charge on any atom is -0.394 e. The Bertz CT molecular complexity index is 662. The molecule has 0 spiro atoms. The van der Waals surface area contributed by atoms with E-state index in [0.717, 1.165) is 44.3 Å². The molecule has 1 saturated heterocycles. The highest BCUT2D eigenvalue weighted by Gasteiger charge is 2.51. The van der Waals surface area contributed by atoms with Crippen molar-refractivity contribution in [3.8, 4) is 0 Å². The molecule has 0 unspecified atom stereocenters. The molecule has 0 amide bonds. The number of ether oxygens (including phenoxy) is 2. The van der Waals surface area contributed by atoms with Crippen molar-refractivity contribution in [2.75, 3.05) is 26.9 Å². The van der Waals surface area contributed by atoms with Gasteiger partial charge in [0, 0.05) is 26.2 Å². The smallest absolute Gasteiger partial charge is 0.0847 e. The van der Waals surface area contributed by atoms with E-state index < -0.39 is 0 Å². The Balaban J connectivity index is 1.83. The van der Waals surface area contributed by atoms with E-state index in [1.807, 2.05) is 7.11 Å². The molecule has 5 heteroatoms. The average Bonchev–Trinajstić information content (AvgIpc) is 3.02. The zero-order valence-corrected chi connectivity index (χ0v) is 17.3. The van der Waals surface area contributed by atoms with E-state index in [1.165, 1.54) is 22.3 Å². The number of fused-ring (bicyclic) bond motifs is 1. The first-order chi connectivity index (χ1) is 13.0. The highest BCUT2D eigenvalue weighted by atomic mass is 16.5. The van der Waals surface area contributed by atoms with Gasteiger partial charge in [0.1, 0.15) is 0 Å². The summed E-state index contributed by atoms with van der Waals surface area (Å²) in [7, 11) is 1.84. The van der Waals surface area contributed by atoms with Crippen LogP contribution in [0.15, 0.2) is 6.07 Å². The molecule has 27 heavy (non-hydrogen) atoms. The van der Waals surface area contributed by atoms with E-state index in [4.69, 9.17) is 14.6 Å². The lowest BCUT2D eigenvalue weighted by Gasteiger charge is -2.44. The zero-order valence-electron chi connectivity index (χ0n) is 17.3. The summed E-state index contributed by atoms with van der Waals surface area (Å²) >= 11 is 0. The molecule has 1 saturated carbocycles. The summed E-state index contributed by atoms with van der Waals surface area (Å²) in [6, 6.07) is 2.53. The molecule has 2 N–H and O–H groups in total. The SMILES string of the molecule is CO[C@@]12CC[C@H](OCCO)C[C@@H]1N(Cc1c(C)cc(C)c(CO)c1C)CC2. The van der Waals surface area contributed by atoms with Crippen LogP contribution in [0.1, 0.15) is 53.5 Å². The molecule has 1 aliphatic carbocycles. The second-order valence-corrected chi connectivity index (χ2v) is 8.25. The van der Waals surface area contributed by atoms with Crippen molar-refractivity contribution in [3.63, 3.8) is 0 Å². The van der Waals surface area contributed by atoms with Gasteiger partial charge in [-0.15, -0.1) is 0 Å². The van der Waals surface area contributed by atoms with Gasteiger partial charge in [0.25, 0.3) is 0 Å². The van der Waals surface area contributed by atoms with Crippen molar-refractivity contribution in [1.82, 2.24) is 4.90 Å². The molecular weight excluding hydrogens is 342 g/mol. The van der Waals surface area contributed by atoms with Gasteiger partial charge in [0.15, 0.2) is 0 Å². The minimum atomic E-state index is -0.0780. The normalized spacial score (nSPS) is 28.5. The Labute approximate surface area is 163 Å². The summed E-state index contributed by atoms with van der Waals surface area (Å²) in [5, 5.41) is 18.9. The lowest BCUT2D eigenvalue weighted by Crippen LogP contribution is -2.51. The first-order valence-electron chi connectivity index (χ1n) is 10.2. The molecule has 1 aromatic carbocycles. The van der Waals surface area contributed by atoms with Crippen LogP contribution in [0.4, 0.5) is 0 Å². The number of methoxy groups -OCH3 is 1. The molecule has 3 rings (SSSR count). The lowest BCUT2D eigenvalue weighted by molar-refractivity contribution is -0.104. The number of likely N-dealkylation sites (tertiary alicyclic amines) is 1. The molecule has 2 fully saturated rings. The van der Waals surface area contributed by atoms with Gasteiger partial charge >= 0.3 is 0 Å². The number of hydrogen-bond donors (Lipinski definition) is 2. The average molecular weight is 378 g/mol. The van der Waals surface area contributed by atoms with Crippen molar-refractivity contribution in [1.29, 1.82) is 0 Å². The van der Waals surface area contributed by atoms with Gasteiger partial charge in [-0.3, -0.25) is 4.90 Å². The number of benzene rings is 1. The van der Waals surface area contributed by atoms with E-state index in [2.05, 4.69) is 31.7 Å². The highest BCUT2D eigenvalue weighted by Crippen LogP contribution is 2.44. The Morgan fingerprint density at radius 1 is 1.15 bits per heavy atom. The summed E-state index contributed by atoms with van der Waals surface area (Å²) in [4.78, 5) is 2.55. The van der Waals surface area contributed by atoms with Crippen molar-refractivity contribution < 1.29 is 19.7 Å². The maximum atomic E-state index is 9.79. The van der Waals surface area contributed by atoms with Crippen molar-refractivity contribution in [2.45, 2.75) is 77.4 Å². The third kappa shape index (κ3) is 3.94. The summed E-state index contributed by atoms with van der Waals surface area (Å²) in [5.74, 6) is 0. The summed E-state index contributed by atoms with van der Waals surface area (Å²) in [6.07, 6.45) is 4.20. The number of nitrogens with zero attached hydrogens (tertiary/aromatic N) is 1. The van der Waals surface area contributed by atoms with E-state index in [1.54, 1.807) is 0 Å². The fraction of sp³-hybridized carbons (Fsp3) is 0.727.